The van der Waals surface area contributed by atoms with Crippen molar-refractivity contribution in [1.29, 1.82) is 0 Å². The van der Waals surface area contributed by atoms with E-state index in [1.807, 2.05) is 41.1 Å². The summed E-state index contributed by atoms with van der Waals surface area (Å²) < 4.78 is 12.7. The molecule has 0 bridgehead atoms. The number of aromatic nitrogens is 3. The van der Waals surface area contributed by atoms with Gasteiger partial charge in [-0.3, -0.25) is 4.57 Å². The Kier molecular flexibility index (Phi) is 7.29. The van der Waals surface area contributed by atoms with Crippen LogP contribution in [0.25, 0.3) is 5.82 Å². The van der Waals surface area contributed by atoms with Crippen molar-refractivity contribution in [3.05, 3.63) is 60.8 Å². The van der Waals surface area contributed by atoms with Gasteiger partial charge in [-0.05, 0) is 31.0 Å². The van der Waals surface area contributed by atoms with Crippen LogP contribution in [0.1, 0.15) is 18.9 Å². The Hall–Kier alpha value is -3.75. The van der Waals surface area contributed by atoms with Gasteiger partial charge in [0.15, 0.2) is 5.96 Å². The van der Waals surface area contributed by atoms with Crippen LogP contribution in [0.3, 0.4) is 0 Å². The standard InChI is InChI=1S/C24H31N7O2/c1-4-26-24(28-15-18-5-7-27-23(11-18)31-10-8-25-17-31)29-19-6-9-30(16-19)20-12-21(32-2)14-22(13-20)33-3/h5,7-8,10-14,17,19H,4,6,9,15-16H2,1-3H3,(H2,26,28,29). The number of hydrogen-bond acceptors (Lipinski definition) is 6. The first-order chi connectivity index (χ1) is 16.2. The van der Waals surface area contributed by atoms with E-state index in [2.05, 4.69) is 32.4 Å². The molecular formula is C24H31N7O2. The first-order valence-corrected chi connectivity index (χ1v) is 11.1. The van der Waals surface area contributed by atoms with E-state index < -0.39 is 0 Å². The van der Waals surface area contributed by atoms with Crippen LogP contribution >= 0.6 is 0 Å². The Bertz CT molecular complexity index is 1050. The van der Waals surface area contributed by atoms with Crippen LogP contribution in [0, 0.1) is 0 Å². The maximum absolute atomic E-state index is 5.43. The van der Waals surface area contributed by atoms with Gasteiger partial charge in [0.1, 0.15) is 23.6 Å². The minimum atomic E-state index is 0.291. The van der Waals surface area contributed by atoms with Gasteiger partial charge < -0.3 is 25.0 Å². The molecule has 1 aromatic carbocycles. The molecule has 1 unspecified atom stereocenters. The number of nitrogens with one attached hydrogen (secondary N) is 2. The van der Waals surface area contributed by atoms with Crippen LogP contribution in [0.2, 0.25) is 0 Å². The van der Waals surface area contributed by atoms with Gasteiger partial charge in [-0.15, -0.1) is 0 Å². The highest BCUT2D eigenvalue weighted by molar-refractivity contribution is 5.80. The largest absolute Gasteiger partial charge is 0.497 e. The smallest absolute Gasteiger partial charge is 0.191 e. The molecule has 2 N–H and O–H groups in total. The van der Waals surface area contributed by atoms with Crippen LogP contribution in [-0.2, 0) is 6.54 Å². The van der Waals surface area contributed by atoms with Crippen LogP contribution in [0.15, 0.2) is 60.2 Å². The zero-order chi connectivity index (χ0) is 23.0. The third-order valence-electron chi connectivity index (χ3n) is 5.57. The van der Waals surface area contributed by atoms with E-state index in [1.165, 1.54) is 0 Å². The molecule has 1 aliphatic rings. The quantitative estimate of drug-likeness (QED) is 0.404. The third kappa shape index (κ3) is 5.74. The molecule has 1 atom stereocenters. The zero-order valence-electron chi connectivity index (χ0n) is 19.4. The van der Waals surface area contributed by atoms with Crippen molar-refractivity contribution in [2.24, 2.45) is 4.99 Å². The van der Waals surface area contributed by atoms with Crippen molar-refractivity contribution in [3.63, 3.8) is 0 Å². The van der Waals surface area contributed by atoms with E-state index in [0.717, 1.165) is 60.6 Å². The maximum atomic E-state index is 5.43. The Morgan fingerprint density at radius 1 is 1.15 bits per heavy atom. The van der Waals surface area contributed by atoms with Crippen molar-refractivity contribution in [1.82, 2.24) is 25.2 Å². The molecule has 3 aromatic rings. The average molecular weight is 450 g/mol. The third-order valence-corrected chi connectivity index (χ3v) is 5.57. The number of rotatable bonds is 8. The topological polar surface area (TPSA) is 88.8 Å². The summed E-state index contributed by atoms with van der Waals surface area (Å²) in [6, 6.07) is 10.3. The molecule has 0 saturated carbocycles. The Morgan fingerprint density at radius 3 is 2.67 bits per heavy atom. The van der Waals surface area contributed by atoms with Crippen molar-refractivity contribution in [2.75, 3.05) is 38.8 Å². The fourth-order valence-electron chi connectivity index (χ4n) is 3.87. The summed E-state index contributed by atoms with van der Waals surface area (Å²) in [6.07, 6.45) is 8.18. The molecule has 2 aromatic heterocycles. The molecule has 1 fully saturated rings. The summed E-state index contributed by atoms with van der Waals surface area (Å²) in [5.74, 6) is 3.23. The molecule has 4 rings (SSSR count). The van der Waals surface area contributed by atoms with Crippen LogP contribution < -0.4 is 25.0 Å². The molecule has 1 saturated heterocycles. The number of methoxy groups -OCH3 is 2. The predicted octanol–water partition coefficient (Wildman–Crippen LogP) is 2.62. The number of aliphatic imine (C=N–C) groups is 1. The molecule has 0 radical (unpaired) electrons. The Morgan fingerprint density at radius 2 is 1.97 bits per heavy atom. The van der Waals surface area contributed by atoms with Crippen molar-refractivity contribution in [2.45, 2.75) is 25.9 Å². The zero-order valence-corrected chi connectivity index (χ0v) is 19.4. The van der Waals surface area contributed by atoms with Crippen LogP contribution in [0.5, 0.6) is 11.5 Å². The van der Waals surface area contributed by atoms with E-state index in [-0.39, 0.29) is 0 Å². The van der Waals surface area contributed by atoms with Gasteiger partial charge in [0.05, 0.1) is 20.8 Å². The first-order valence-electron chi connectivity index (χ1n) is 11.1. The number of guanidine groups is 1. The van der Waals surface area contributed by atoms with Gasteiger partial charge in [-0.25, -0.2) is 15.0 Å². The number of pyridine rings is 1. The molecule has 1 aliphatic heterocycles. The summed E-state index contributed by atoms with van der Waals surface area (Å²) in [4.78, 5) is 15.6. The normalized spacial score (nSPS) is 16.0. The molecule has 33 heavy (non-hydrogen) atoms. The number of benzene rings is 1. The molecule has 0 amide bonds. The number of ether oxygens (including phenoxy) is 2. The van der Waals surface area contributed by atoms with Gasteiger partial charge in [-0.2, -0.15) is 0 Å². The van der Waals surface area contributed by atoms with Gasteiger partial charge in [0, 0.05) is 68.2 Å². The second-order valence-electron chi connectivity index (χ2n) is 7.83. The fraction of sp³-hybridized carbons (Fsp3) is 0.375. The van der Waals surface area contributed by atoms with Crippen molar-refractivity contribution < 1.29 is 9.47 Å². The summed E-state index contributed by atoms with van der Waals surface area (Å²) in [6.45, 7) is 5.26. The lowest BCUT2D eigenvalue weighted by Gasteiger charge is -2.21. The molecule has 174 valence electrons. The maximum Gasteiger partial charge on any atom is 0.191 e. The predicted molar refractivity (Wildman–Crippen MR) is 129 cm³/mol. The van der Waals surface area contributed by atoms with Crippen molar-refractivity contribution in [3.8, 4) is 17.3 Å². The summed E-state index contributed by atoms with van der Waals surface area (Å²) >= 11 is 0. The molecular weight excluding hydrogens is 418 g/mol. The second kappa shape index (κ2) is 10.7. The molecule has 9 heteroatoms. The van der Waals surface area contributed by atoms with Gasteiger partial charge >= 0.3 is 0 Å². The second-order valence-corrected chi connectivity index (χ2v) is 7.83. The van der Waals surface area contributed by atoms with E-state index in [0.29, 0.717) is 12.6 Å². The highest BCUT2D eigenvalue weighted by atomic mass is 16.5. The lowest BCUT2D eigenvalue weighted by molar-refractivity contribution is 0.394. The molecule has 0 aliphatic carbocycles. The molecule has 9 nitrogen and oxygen atoms in total. The van der Waals surface area contributed by atoms with Crippen LogP contribution in [-0.4, -0.2) is 60.4 Å². The monoisotopic (exact) mass is 449 g/mol. The highest BCUT2D eigenvalue weighted by Gasteiger charge is 2.24. The van der Waals surface area contributed by atoms with Gasteiger partial charge in [0.2, 0.25) is 0 Å². The summed E-state index contributed by atoms with van der Waals surface area (Å²) in [7, 11) is 3.35. The molecule has 0 spiro atoms. The Labute approximate surface area is 194 Å². The lowest BCUT2D eigenvalue weighted by Crippen LogP contribution is -2.44. The number of hydrogen-bond donors (Lipinski definition) is 2. The minimum absolute atomic E-state index is 0.291. The SMILES string of the molecule is CCNC(=NCc1ccnc(-n2ccnc2)c1)NC1CCN(c2cc(OC)cc(OC)c2)C1. The number of nitrogens with zero attached hydrogens (tertiary/aromatic N) is 5. The number of imidazole rings is 1. The lowest BCUT2D eigenvalue weighted by atomic mass is 10.2. The van der Waals surface area contributed by atoms with Gasteiger partial charge in [-0.1, -0.05) is 0 Å². The first kappa shape index (κ1) is 22.4. The summed E-state index contributed by atoms with van der Waals surface area (Å²) in [5, 5.41) is 6.95. The van der Waals surface area contributed by atoms with E-state index in [9.17, 15) is 0 Å². The number of anilines is 1. The van der Waals surface area contributed by atoms with E-state index >= 15 is 0 Å². The van der Waals surface area contributed by atoms with Crippen molar-refractivity contribution >= 4 is 11.6 Å². The van der Waals surface area contributed by atoms with Crippen LogP contribution in [0.4, 0.5) is 5.69 Å². The van der Waals surface area contributed by atoms with Gasteiger partial charge in [0.25, 0.3) is 0 Å². The highest BCUT2D eigenvalue weighted by Crippen LogP contribution is 2.30. The summed E-state index contributed by atoms with van der Waals surface area (Å²) in [5.41, 5.74) is 2.18. The Balaban J connectivity index is 1.41. The fourth-order valence-corrected chi connectivity index (χ4v) is 3.87. The molecule has 3 heterocycles. The van der Waals surface area contributed by atoms with E-state index in [1.54, 1.807) is 32.9 Å². The minimum Gasteiger partial charge on any atom is -0.497 e. The van der Waals surface area contributed by atoms with E-state index in [4.69, 9.17) is 14.5 Å². The average Bonchev–Trinajstić information content (AvgIpc) is 3.55.